The summed E-state index contributed by atoms with van der Waals surface area (Å²) in [4.78, 5) is 4.28. The van der Waals surface area contributed by atoms with Crippen LogP contribution in [0.5, 0.6) is 0 Å². The molecule has 0 aromatic carbocycles. The van der Waals surface area contributed by atoms with Crippen molar-refractivity contribution < 1.29 is 9.26 Å². The molecule has 0 bridgehead atoms. The Labute approximate surface area is 89.0 Å². The van der Waals surface area contributed by atoms with Crippen molar-refractivity contribution >= 4 is 0 Å². The fourth-order valence-electron chi connectivity index (χ4n) is 1.45. The van der Waals surface area contributed by atoms with E-state index in [9.17, 15) is 0 Å². The maximum atomic E-state index is 5.86. The Kier molecular flexibility index (Phi) is 3.33. The molecular weight excluding hydrogens is 194 g/mol. The zero-order chi connectivity index (χ0) is 10.7. The minimum absolute atomic E-state index is 0.203. The van der Waals surface area contributed by atoms with Gasteiger partial charge >= 0.3 is 0 Å². The fraction of sp³-hybridized carbons (Fsp3) is 0.800. The van der Waals surface area contributed by atoms with Crippen LogP contribution in [0.3, 0.4) is 0 Å². The lowest BCUT2D eigenvalue weighted by Crippen LogP contribution is -2.13. The number of nitrogens with zero attached hydrogens (tertiary/aromatic N) is 2. The quantitative estimate of drug-likeness (QED) is 0.761. The molecule has 1 atom stereocenters. The summed E-state index contributed by atoms with van der Waals surface area (Å²) in [5, 5.41) is 3.92. The highest BCUT2D eigenvalue weighted by Gasteiger charge is 2.24. The average Bonchev–Trinajstić information content (AvgIpc) is 2.91. The largest absolute Gasteiger partial charge is 0.385 e. The van der Waals surface area contributed by atoms with E-state index in [1.165, 1.54) is 12.8 Å². The molecule has 15 heavy (non-hydrogen) atoms. The van der Waals surface area contributed by atoms with E-state index in [1.807, 2.05) is 0 Å². The normalized spacial score (nSPS) is 18.0. The Morgan fingerprint density at radius 2 is 2.40 bits per heavy atom. The van der Waals surface area contributed by atoms with Gasteiger partial charge in [0.1, 0.15) is 0 Å². The van der Waals surface area contributed by atoms with E-state index in [2.05, 4.69) is 10.1 Å². The lowest BCUT2D eigenvalue weighted by atomic mass is 10.2. The van der Waals surface area contributed by atoms with Gasteiger partial charge in [-0.1, -0.05) is 5.16 Å². The number of nitrogens with two attached hydrogens (primary N) is 1. The smallest absolute Gasteiger partial charge is 0.243 e. The van der Waals surface area contributed by atoms with Gasteiger partial charge in [-0.3, -0.25) is 0 Å². The van der Waals surface area contributed by atoms with Crippen LogP contribution in [0.4, 0.5) is 0 Å². The molecule has 0 saturated heterocycles. The second-order valence-corrected chi connectivity index (χ2v) is 4.08. The van der Waals surface area contributed by atoms with Crippen LogP contribution in [0.15, 0.2) is 4.52 Å². The van der Waals surface area contributed by atoms with E-state index in [0.717, 1.165) is 18.2 Å². The summed E-state index contributed by atoms with van der Waals surface area (Å²) in [6.45, 7) is 0.613. The van der Waals surface area contributed by atoms with Crippen LogP contribution < -0.4 is 5.73 Å². The molecule has 1 heterocycles. The average molecular weight is 211 g/mol. The second kappa shape index (κ2) is 4.72. The van der Waals surface area contributed by atoms with Crippen molar-refractivity contribution in [1.82, 2.24) is 10.1 Å². The summed E-state index contributed by atoms with van der Waals surface area (Å²) in [6, 6.07) is -0.203. The van der Waals surface area contributed by atoms with E-state index in [1.54, 1.807) is 7.11 Å². The zero-order valence-electron chi connectivity index (χ0n) is 8.98. The molecule has 1 aromatic heterocycles. The van der Waals surface area contributed by atoms with E-state index in [0.29, 0.717) is 18.9 Å². The highest BCUT2D eigenvalue weighted by Crippen LogP contribution is 2.31. The SMILES string of the molecule is COCCC(N)c1nc(CC2CC2)no1. The summed E-state index contributed by atoms with van der Waals surface area (Å²) < 4.78 is 10.1. The van der Waals surface area contributed by atoms with E-state index in [4.69, 9.17) is 15.0 Å². The summed E-state index contributed by atoms with van der Waals surface area (Å²) in [7, 11) is 1.65. The number of methoxy groups -OCH3 is 1. The molecule has 1 aliphatic rings. The van der Waals surface area contributed by atoms with Crippen LogP contribution >= 0.6 is 0 Å². The van der Waals surface area contributed by atoms with Crippen LogP contribution in [-0.2, 0) is 11.2 Å². The van der Waals surface area contributed by atoms with Gasteiger partial charge in [-0.2, -0.15) is 4.98 Å². The first-order valence-electron chi connectivity index (χ1n) is 5.36. The van der Waals surface area contributed by atoms with Gasteiger partial charge in [-0.05, 0) is 25.2 Å². The molecule has 0 aliphatic heterocycles. The lowest BCUT2D eigenvalue weighted by molar-refractivity contribution is 0.182. The van der Waals surface area contributed by atoms with E-state index in [-0.39, 0.29) is 6.04 Å². The van der Waals surface area contributed by atoms with Crippen molar-refractivity contribution in [2.24, 2.45) is 11.7 Å². The summed E-state index contributed by atoms with van der Waals surface area (Å²) >= 11 is 0. The van der Waals surface area contributed by atoms with Crippen LogP contribution in [0, 0.1) is 5.92 Å². The van der Waals surface area contributed by atoms with Gasteiger partial charge in [-0.25, -0.2) is 0 Å². The number of hydrogen-bond acceptors (Lipinski definition) is 5. The van der Waals surface area contributed by atoms with Gasteiger partial charge in [0, 0.05) is 20.1 Å². The molecule has 1 fully saturated rings. The lowest BCUT2D eigenvalue weighted by Gasteiger charge is -2.04. The van der Waals surface area contributed by atoms with Crippen LogP contribution in [0.2, 0.25) is 0 Å². The minimum Gasteiger partial charge on any atom is -0.385 e. The van der Waals surface area contributed by atoms with Crippen molar-refractivity contribution in [2.45, 2.75) is 31.7 Å². The number of hydrogen-bond donors (Lipinski definition) is 1. The van der Waals surface area contributed by atoms with Crippen molar-refractivity contribution in [1.29, 1.82) is 0 Å². The molecule has 2 N–H and O–H groups in total. The molecule has 1 aliphatic carbocycles. The molecule has 0 radical (unpaired) electrons. The monoisotopic (exact) mass is 211 g/mol. The second-order valence-electron chi connectivity index (χ2n) is 4.08. The van der Waals surface area contributed by atoms with Crippen molar-refractivity contribution in [2.75, 3.05) is 13.7 Å². The summed E-state index contributed by atoms with van der Waals surface area (Å²) in [5.74, 6) is 2.09. The first-order valence-corrected chi connectivity index (χ1v) is 5.36. The maximum Gasteiger partial charge on any atom is 0.243 e. The van der Waals surface area contributed by atoms with Gasteiger partial charge in [0.05, 0.1) is 6.04 Å². The summed E-state index contributed by atoms with van der Waals surface area (Å²) in [6.07, 6.45) is 4.22. The molecule has 2 rings (SSSR count). The predicted molar refractivity (Wildman–Crippen MR) is 54.1 cm³/mol. The van der Waals surface area contributed by atoms with E-state index < -0.39 is 0 Å². The summed E-state index contributed by atoms with van der Waals surface area (Å²) in [5.41, 5.74) is 5.86. The van der Waals surface area contributed by atoms with Gasteiger partial charge in [0.2, 0.25) is 5.89 Å². The van der Waals surface area contributed by atoms with E-state index >= 15 is 0 Å². The standard InChI is InChI=1S/C10H17N3O2/c1-14-5-4-8(11)10-12-9(13-15-10)6-7-2-3-7/h7-8H,2-6,11H2,1H3. The fourth-order valence-corrected chi connectivity index (χ4v) is 1.45. The Balaban J connectivity index is 1.86. The Morgan fingerprint density at radius 3 is 3.07 bits per heavy atom. The third-order valence-electron chi connectivity index (χ3n) is 2.60. The first-order chi connectivity index (χ1) is 7.29. The Morgan fingerprint density at radius 1 is 1.60 bits per heavy atom. The maximum absolute atomic E-state index is 5.86. The number of aromatic nitrogens is 2. The molecule has 0 spiro atoms. The number of rotatable bonds is 6. The Bertz CT molecular complexity index is 309. The number of ether oxygens (including phenoxy) is 1. The molecule has 1 saturated carbocycles. The highest BCUT2D eigenvalue weighted by molar-refractivity contribution is 4.95. The van der Waals surface area contributed by atoms with Crippen molar-refractivity contribution in [3.63, 3.8) is 0 Å². The van der Waals surface area contributed by atoms with Crippen molar-refractivity contribution in [3.8, 4) is 0 Å². The van der Waals surface area contributed by atoms with Crippen molar-refractivity contribution in [3.05, 3.63) is 11.7 Å². The third kappa shape index (κ3) is 3.00. The topological polar surface area (TPSA) is 74.2 Å². The van der Waals surface area contributed by atoms with Gasteiger partial charge in [0.25, 0.3) is 0 Å². The van der Waals surface area contributed by atoms with Crippen LogP contribution in [0.25, 0.3) is 0 Å². The highest BCUT2D eigenvalue weighted by atomic mass is 16.5. The molecule has 5 heteroatoms. The molecule has 1 unspecified atom stereocenters. The van der Waals surface area contributed by atoms with Gasteiger partial charge < -0.3 is 15.0 Å². The molecular formula is C10H17N3O2. The molecule has 84 valence electrons. The minimum atomic E-state index is -0.203. The van der Waals surface area contributed by atoms with Gasteiger partial charge in [0.15, 0.2) is 5.82 Å². The molecule has 1 aromatic rings. The molecule has 5 nitrogen and oxygen atoms in total. The zero-order valence-corrected chi connectivity index (χ0v) is 8.98. The Hall–Kier alpha value is -0.940. The van der Waals surface area contributed by atoms with Crippen LogP contribution in [-0.4, -0.2) is 23.9 Å². The molecule has 0 amide bonds. The van der Waals surface area contributed by atoms with Gasteiger partial charge in [-0.15, -0.1) is 0 Å². The van der Waals surface area contributed by atoms with Crippen LogP contribution in [0.1, 0.15) is 37.0 Å². The predicted octanol–water partition coefficient (Wildman–Crippen LogP) is 1.06. The third-order valence-corrected chi connectivity index (χ3v) is 2.60. The first kappa shape index (κ1) is 10.6.